The Kier molecular flexibility index (Phi) is 4.94. The van der Waals surface area contributed by atoms with E-state index < -0.39 is 18.1 Å². The summed E-state index contributed by atoms with van der Waals surface area (Å²) in [6, 6.07) is -0.830. The Hall–Kier alpha value is -2.16. The molecule has 2 aliphatic heterocycles. The van der Waals surface area contributed by atoms with Crippen molar-refractivity contribution in [1.29, 1.82) is 0 Å². The van der Waals surface area contributed by atoms with Gasteiger partial charge in [-0.05, 0) is 26.7 Å². The van der Waals surface area contributed by atoms with Crippen LogP contribution in [-0.4, -0.2) is 71.6 Å². The highest BCUT2D eigenvalue weighted by Crippen LogP contribution is 2.26. The summed E-state index contributed by atoms with van der Waals surface area (Å²) in [6.07, 6.45) is 0.713. The first-order chi connectivity index (χ1) is 11.9. The van der Waals surface area contributed by atoms with Crippen LogP contribution in [0.25, 0.3) is 0 Å². The van der Waals surface area contributed by atoms with Gasteiger partial charge in [-0.3, -0.25) is 9.69 Å². The molecule has 1 aromatic rings. The summed E-state index contributed by atoms with van der Waals surface area (Å²) in [4.78, 5) is 44.7. The van der Waals surface area contributed by atoms with Gasteiger partial charge in [-0.2, -0.15) is 0 Å². The van der Waals surface area contributed by atoms with E-state index in [1.54, 1.807) is 4.90 Å². The fourth-order valence-electron chi connectivity index (χ4n) is 3.37. The third kappa shape index (κ3) is 3.33. The van der Waals surface area contributed by atoms with E-state index in [2.05, 4.69) is 4.98 Å². The van der Waals surface area contributed by atoms with Gasteiger partial charge in [0.25, 0.3) is 5.91 Å². The Morgan fingerprint density at radius 2 is 1.96 bits per heavy atom. The molecule has 0 saturated carbocycles. The Morgan fingerprint density at radius 1 is 1.28 bits per heavy atom. The summed E-state index contributed by atoms with van der Waals surface area (Å²) in [5.41, 5.74) is 0.753. The minimum Gasteiger partial charge on any atom is -0.467 e. The number of hydrogen-bond acceptors (Lipinski definition) is 7. The molecule has 8 nitrogen and oxygen atoms in total. The molecule has 136 valence electrons. The summed E-state index contributed by atoms with van der Waals surface area (Å²) in [5.74, 6) is -0.491. The molecule has 0 bridgehead atoms. The predicted molar refractivity (Wildman–Crippen MR) is 89.5 cm³/mol. The lowest BCUT2D eigenvalue weighted by Gasteiger charge is -2.37. The smallest absolute Gasteiger partial charge is 0.410 e. The molecule has 1 atom stereocenters. The highest BCUT2D eigenvalue weighted by molar-refractivity contribution is 7.13. The van der Waals surface area contributed by atoms with Crippen molar-refractivity contribution in [2.75, 3.05) is 26.8 Å². The van der Waals surface area contributed by atoms with E-state index in [1.807, 2.05) is 13.8 Å². The quantitative estimate of drug-likeness (QED) is 0.750. The molecule has 0 spiro atoms. The average Bonchev–Trinajstić information content (AvgIpc) is 3.15. The summed E-state index contributed by atoms with van der Waals surface area (Å²) in [5, 5.41) is 0.872. The standard InChI is InChI=1S/C16H21N3O5S/c1-9-13(25-10(2)17-9)14(20)18-6-4-11(5-7-18)19-12(15(21)23-3)8-24-16(19)22/h11-12H,4-8H2,1-3H3/t12-/m0/s1. The van der Waals surface area contributed by atoms with E-state index in [0.29, 0.717) is 30.8 Å². The fraction of sp³-hybridized carbons (Fsp3) is 0.625. The number of methoxy groups -OCH3 is 1. The molecule has 0 aliphatic carbocycles. The van der Waals surface area contributed by atoms with Crippen molar-refractivity contribution in [2.45, 2.75) is 38.8 Å². The molecular formula is C16H21N3O5S. The lowest BCUT2D eigenvalue weighted by atomic mass is 10.0. The number of cyclic esters (lactones) is 1. The first-order valence-corrected chi connectivity index (χ1v) is 9.00. The van der Waals surface area contributed by atoms with E-state index in [-0.39, 0.29) is 18.6 Å². The third-order valence-corrected chi connectivity index (χ3v) is 5.69. The largest absolute Gasteiger partial charge is 0.467 e. The Labute approximate surface area is 149 Å². The second kappa shape index (κ2) is 6.99. The van der Waals surface area contributed by atoms with Crippen LogP contribution in [0.4, 0.5) is 4.79 Å². The van der Waals surface area contributed by atoms with Crippen LogP contribution in [0.1, 0.15) is 33.2 Å². The maximum absolute atomic E-state index is 12.7. The first kappa shape index (κ1) is 17.7. The van der Waals surface area contributed by atoms with Gasteiger partial charge in [-0.1, -0.05) is 0 Å². The van der Waals surface area contributed by atoms with E-state index in [1.165, 1.54) is 23.3 Å². The molecule has 0 N–H and O–H groups in total. The van der Waals surface area contributed by atoms with Crippen LogP contribution in [0.3, 0.4) is 0 Å². The number of amides is 2. The number of thiazole rings is 1. The van der Waals surface area contributed by atoms with Crippen molar-refractivity contribution in [3.8, 4) is 0 Å². The van der Waals surface area contributed by atoms with Crippen LogP contribution < -0.4 is 0 Å². The second-order valence-corrected chi connectivity index (χ2v) is 7.40. The van der Waals surface area contributed by atoms with E-state index in [0.717, 1.165) is 10.7 Å². The second-order valence-electron chi connectivity index (χ2n) is 6.19. The summed E-state index contributed by atoms with van der Waals surface area (Å²) in [7, 11) is 1.30. The maximum atomic E-state index is 12.7. The molecule has 9 heteroatoms. The van der Waals surface area contributed by atoms with E-state index in [9.17, 15) is 14.4 Å². The van der Waals surface area contributed by atoms with Crippen LogP contribution in [0, 0.1) is 13.8 Å². The number of rotatable bonds is 3. The molecule has 0 aromatic carbocycles. The van der Waals surface area contributed by atoms with E-state index in [4.69, 9.17) is 9.47 Å². The maximum Gasteiger partial charge on any atom is 0.410 e. The minimum atomic E-state index is -0.698. The molecule has 2 saturated heterocycles. The number of piperidine rings is 1. The molecule has 3 heterocycles. The third-order valence-electron chi connectivity index (χ3n) is 4.63. The number of carbonyl (C=O) groups is 3. The summed E-state index contributed by atoms with van der Waals surface area (Å²) >= 11 is 1.40. The molecular weight excluding hydrogens is 346 g/mol. The van der Waals surface area contributed by atoms with Gasteiger partial charge in [0.15, 0.2) is 6.04 Å². The molecule has 0 unspecified atom stereocenters. The van der Waals surface area contributed by atoms with Gasteiger partial charge >= 0.3 is 12.1 Å². The van der Waals surface area contributed by atoms with Gasteiger partial charge in [0.2, 0.25) is 0 Å². The first-order valence-electron chi connectivity index (χ1n) is 8.18. The van der Waals surface area contributed by atoms with Gasteiger partial charge in [-0.15, -0.1) is 11.3 Å². The van der Waals surface area contributed by atoms with Crippen molar-refractivity contribution in [1.82, 2.24) is 14.8 Å². The lowest BCUT2D eigenvalue weighted by Crippen LogP contribution is -2.51. The number of nitrogens with zero attached hydrogens (tertiary/aromatic N) is 3. The van der Waals surface area contributed by atoms with Crippen molar-refractivity contribution in [2.24, 2.45) is 0 Å². The zero-order valence-electron chi connectivity index (χ0n) is 14.5. The topological polar surface area (TPSA) is 89.0 Å². The molecule has 2 fully saturated rings. The molecule has 0 radical (unpaired) electrons. The molecule has 25 heavy (non-hydrogen) atoms. The summed E-state index contributed by atoms with van der Waals surface area (Å²) in [6.45, 7) is 4.79. The fourth-order valence-corrected chi connectivity index (χ4v) is 4.26. The Morgan fingerprint density at radius 3 is 2.52 bits per heavy atom. The normalized spacial score (nSPS) is 21.4. The number of aryl methyl sites for hydroxylation is 2. The Balaban J connectivity index is 1.65. The van der Waals surface area contributed by atoms with Gasteiger partial charge in [0.05, 0.1) is 17.8 Å². The average molecular weight is 367 g/mol. The van der Waals surface area contributed by atoms with Crippen LogP contribution in [0.15, 0.2) is 0 Å². The van der Waals surface area contributed by atoms with Crippen LogP contribution in [0.2, 0.25) is 0 Å². The van der Waals surface area contributed by atoms with Crippen LogP contribution >= 0.6 is 11.3 Å². The van der Waals surface area contributed by atoms with Crippen LogP contribution in [0.5, 0.6) is 0 Å². The molecule has 3 rings (SSSR count). The molecule has 2 amide bonds. The number of hydrogen-bond donors (Lipinski definition) is 0. The summed E-state index contributed by atoms with van der Waals surface area (Å²) < 4.78 is 9.77. The highest BCUT2D eigenvalue weighted by atomic mass is 32.1. The highest BCUT2D eigenvalue weighted by Gasteiger charge is 2.44. The number of carbonyl (C=O) groups excluding carboxylic acids is 3. The number of likely N-dealkylation sites (tertiary alicyclic amines) is 1. The monoisotopic (exact) mass is 367 g/mol. The minimum absolute atomic E-state index is 0.0178. The molecule has 2 aliphatic rings. The van der Waals surface area contributed by atoms with Crippen molar-refractivity contribution < 1.29 is 23.9 Å². The van der Waals surface area contributed by atoms with Gasteiger partial charge in [0.1, 0.15) is 11.5 Å². The van der Waals surface area contributed by atoms with Crippen molar-refractivity contribution >= 4 is 29.3 Å². The van der Waals surface area contributed by atoms with Crippen LogP contribution in [-0.2, 0) is 14.3 Å². The van der Waals surface area contributed by atoms with Crippen molar-refractivity contribution in [3.05, 3.63) is 15.6 Å². The number of esters is 1. The Bertz CT molecular complexity index is 696. The number of ether oxygens (including phenoxy) is 2. The van der Waals surface area contributed by atoms with Crippen molar-refractivity contribution in [3.63, 3.8) is 0 Å². The zero-order chi connectivity index (χ0) is 18.1. The SMILES string of the molecule is COC(=O)[C@@H]1COC(=O)N1C1CCN(C(=O)c2sc(C)nc2C)CC1. The molecule has 1 aromatic heterocycles. The zero-order valence-corrected chi connectivity index (χ0v) is 15.3. The van der Waals surface area contributed by atoms with Gasteiger partial charge in [0, 0.05) is 19.1 Å². The van der Waals surface area contributed by atoms with Gasteiger partial charge < -0.3 is 14.4 Å². The predicted octanol–water partition coefficient (Wildman–Crippen LogP) is 1.36. The number of aromatic nitrogens is 1. The van der Waals surface area contributed by atoms with Gasteiger partial charge in [-0.25, -0.2) is 14.6 Å². The van der Waals surface area contributed by atoms with E-state index >= 15 is 0 Å². The lowest BCUT2D eigenvalue weighted by molar-refractivity contribution is -0.145.